The number of nitrogens with one attached hydrogen (secondary N) is 1. The number of amides is 1. The number of nitrogens with zero attached hydrogens (tertiary/aromatic N) is 1. The molecule has 0 saturated carbocycles. The van der Waals surface area contributed by atoms with Crippen molar-refractivity contribution in [3.63, 3.8) is 0 Å². The molecule has 0 aliphatic carbocycles. The third kappa shape index (κ3) is 4.19. The molecule has 20 heavy (non-hydrogen) atoms. The molecular weight excluding hydrogens is 270 g/mol. The summed E-state index contributed by atoms with van der Waals surface area (Å²) in [5.41, 5.74) is 6.79. The Balaban J connectivity index is 1.85. The van der Waals surface area contributed by atoms with Gasteiger partial charge in [-0.05, 0) is 24.3 Å². The van der Waals surface area contributed by atoms with Crippen molar-refractivity contribution in [1.29, 1.82) is 0 Å². The first-order valence-corrected chi connectivity index (χ1v) is 7.13. The first kappa shape index (κ1) is 14.3. The Bertz CT molecular complexity index is 609. The fourth-order valence-corrected chi connectivity index (χ4v) is 2.24. The lowest BCUT2D eigenvalue weighted by Gasteiger charge is -2.04. The van der Waals surface area contributed by atoms with Gasteiger partial charge in [-0.3, -0.25) is 4.79 Å². The summed E-state index contributed by atoms with van der Waals surface area (Å²) in [5.74, 6) is 5.61. The second-order valence-corrected chi connectivity index (χ2v) is 4.99. The molecule has 4 nitrogen and oxygen atoms in total. The zero-order valence-corrected chi connectivity index (χ0v) is 11.7. The van der Waals surface area contributed by atoms with Crippen molar-refractivity contribution in [2.45, 2.75) is 6.42 Å². The third-order valence-corrected chi connectivity index (χ3v) is 3.43. The molecule has 1 aromatic heterocycles. The van der Waals surface area contributed by atoms with E-state index in [1.54, 1.807) is 29.7 Å². The van der Waals surface area contributed by atoms with E-state index >= 15 is 0 Å². The van der Waals surface area contributed by atoms with Gasteiger partial charge < -0.3 is 11.1 Å². The number of hydrogen-bond acceptors (Lipinski definition) is 4. The minimum Gasteiger partial charge on any atom is -0.352 e. The molecular formula is C15H15N3OS. The van der Waals surface area contributed by atoms with Gasteiger partial charge in [0.15, 0.2) is 0 Å². The Morgan fingerprint density at radius 2 is 2.15 bits per heavy atom. The highest BCUT2D eigenvalue weighted by Gasteiger charge is 2.04. The second-order valence-electron chi connectivity index (χ2n) is 4.01. The van der Waals surface area contributed by atoms with Crippen LogP contribution in [0.2, 0.25) is 0 Å². The molecule has 0 fully saturated rings. The van der Waals surface area contributed by atoms with Crippen molar-refractivity contribution in [3.8, 4) is 11.8 Å². The van der Waals surface area contributed by atoms with Gasteiger partial charge in [-0.2, -0.15) is 0 Å². The van der Waals surface area contributed by atoms with Crippen molar-refractivity contribution in [1.82, 2.24) is 10.3 Å². The molecule has 0 spiro atoms. The van der Waals surface area contributed by atoms with Crippen LogP contribution in [-0.4, -0.2) is 24.0 Å². The molecule has 2 aromatic rings. The van der Waals surface area contributed by atoms with Crippen molar-refractivity contribution in [3.05, 3.63) is 52.0 Å². The number of carbonyl (C=O) groups excluding carboxylic acids is 1. The summed E-state index contributed by atoms with van der Waals surface area (Å²) in [6.45, 7) is 0.917. The highest BCUT2D eigenvalue weighted by Crippen LogP contribution is 2.05. The SMILES string of the molecule is NCC#Cc1ccc(C(=O)NCCc2nccs2)cc1. The van der Waals surface area contributed by atoms with Crippen LogP contribution in [0.15, 0.2) is 35.8 Å². The monoisotopic (exact) mass is 285 g/mol. The first-order chi connectivity index (χ1) is 9.79. The fourth-order valence-electron chi connectivity index (χ4n) is 1.62. The van der Waals surface area contributed by atoms with E-state index < -0.39 is 0 Å². The minimum atomic E-state index is -0.0834. The molecule has 1 aromatic carbocycles. The minimum absolute atomic E-state index is 0.0834. The maximum atomic E-state index is 11.9. The quantitative estimate of drug-likeness (QED) is 0.835. The topological polar surface area (TPSA) is 68.0 Å². The fraction of sp³-hybridized carbons (Fsp3) is 0.200. The van der Waals surface area contributed by atoms with Gasteiger partial charge in [0, 0.05) is 35.7 Å². The number of nitrogens with two attached hydrogens (primary N) is 1. The standard InChI is InChI=1S/C15H15N3OS/c16-8-1-2-12-3-5-13(6-4-12)15(19)18-9-7-14-17-10-11-20-14/h3-6,10-11H,7-9,16H2,(H,18,19). The number of benzene rings is 1. The van der Waals surface area contributed by atoms with Gasteiger partial charge in [-0.1, -0.05) is 11.8 Å². The summed E-state index contributed by atoms with van der Waals surface area (Å²) in [5, 5.41) is 5.83. The van der Waals surface area contributed by atoms with E-state index in [0.29, 0.717) is 18.7 Å². The van der Waals surface area contributed by atoms with Crippen molar-refractivity contribution in [2.75, 3.05) is 13.1 Å². The van der Waals surface area contributed by atoms with Crippen molar-refractivity contribution >= 4 is 17.2 Å². The number of hydrogen-bond donors (Lipinski definition) is 2. The second kappa shape index (κ2) is 7.43. The summed E-state index contributed by atoms with van der Waals surface area (Å²) in [6, 6.07) is 7.16. The van der Waals surface area contributed by atoms with Crippen LogP contribution in [0.4, 0.5) is 0 Å². The molecule has 0 radical (unpaired) electrons. The first-order valence-electron chi connectivity index (χ1n) is 6.25. The molecule has 0 aliphatic heterocycles. The number of carbonyl (C=O) groups is 1. The maximum absolute atomic E-state index is 11.9. The molecule has 5 heteroatoms. The van der Waals surface area contributed by atoms with Crippen molar-refractivity contribution < 1.29 is 4.79 Å². The third-order valence-electron chi connectivity index (χ3n) is 2.59. The lowest BCUT2D eigenvalue weighted by molar-refractivity contribution is 0.0954. The molecule has 0 unspecified atom stereocenters. The van der Waals surface area contributed by atoms with Gasteiger partial charge >= 0.3 is 0 Å². The zero-order chi connectivity index (χ0) is 14.2. The van der Waals surface area contributed by atoms with E-state index in [9.17, 15) is 4.79 Å². The molecule has 0 saturated heterocycles. The highest BCUT2D eigenvalue weighted by molar-refractivity contribution is 7.09. The van der Waals surface area contributed by atoms with E-state index in [2.05, 4.69) is 22.1 Å². The average molecular weight is 285 g/mol. The average Bonchev–Trinajstić information content (AvgIpc) is 2.99. The van der Waals surface area contributed by atoms with Crippen LogP contribution in [0.1, 0.15) is 20.9 Å². The maximum Gasteiger partial charge on any atom is 0.251 e. The van der Waals surface area contributed by atoms with Gasteiger partial charge in [0.05, 0.1) is 11.6 Å². The molecule has 1 amide bonds. The zero-order valence-electron chi connectivity index (χ0n) is 10.9. The van der Waals surface area contributed by atoms with Crippen molar-refractivity contribution in [2.24, 2.45) is 5.73 Å². The predicted octanol–water partition coefficient (Wildman–Crippen LogP) is 1.43. The van der Waals surface area contributed by atoms with E-state index in [4.69, 9.17) is 5.73 Å². The van der Waals surface area contributed by atoms with Crippen LogP contribution >= 0.6 is 11.3 Å². The van der Waals surface area contributed by atoms with Crippen LogP contribution in [0, 0.1) is 11.8 Å². The van der Waals surface area contributed by atoms with Gasteiger partial charge in [0.2, 0.25) is 0 Å². The molecule has 0 bridgehead atoms. The highest BCUT2D eigenvalue weighted by atomic mass is 32.1. The van der Waals surface area contributed by atoms with Crippen LogP contribution in [0.25, 0.3) is 0 Å². The van der Waals surface area contributed by atoms with E-state index in [1.807, 2.05) is 17.5 Å². The largest absolute Gasteiger partial charge is 0.352 e. The molecule has 0 atom stereocenters. The number of rotatable bonds is 4. The molecule has 0 aliphatic rings. The molecule has 1 heterocycles. The van der Waals surface area contributed by atoms with Gasteiger partial charge in [-0.15, -0.1) is 11.3 Å². The van der Waals surface area contributed by atoms with Crippen LogP contribution < -0.4 is 11.1 Å². The molecule has 102 valence electrons. The van der Waals surface area contributed by atoms with Crippen LogP contribution in [0.5, 0.6) is 0 Å². The number of thiazole rings is 1. The lowest BCUT2D eigenvalue weighted by Crippen LogP contribution is -2.25. The molecule has 3 N–H and O–H groups in total. The van der Waals surface area contributed by atoms with E-state index in [0.717, 1.165) is 17.0 Å². The van der Waals surface area contributed by atoms with E-state index in [-0.39, 0.29) is 5.91 Å². The Hall–Kier alpha value is -2.16. The lowest BCUT2D eigenvalue weighted by atomic mass is 10.1. The smallest absolute Gasteiger partial charge is 0.251 e. The summed E-state index contributed by atoms with van der Waals surface area (Å²) < 4.78 is 0. The van der Waals surface area contributed by atoms with Crippen LogP contribution in [0.3, 0.4) is 0 Å². The van der Waals surface area contributed by atoms with E-state index in [1.165, 1.54) is 0 Å². The number of aromatic nitrogens is 1. The predicted molar refractivity (Wildman–Crippen MR) is 80.5 cm³/mol. The Morgan fingerprint density at radius 3 is 2.80 bits per heavy atom. The summed E-state index contributed by atoms with van der Waals surface area (Å²) in [7, 11) is 0. The Labute approximate surface area is 122 Å². The Kier molecular flexibility index (Phi) is 5.30. The van der Waals surface area contributed by atoms with Crippen LogP contribution in [-0.2, 0) is 6.42 Å². The van der Waals surface area contributed by atoms with Gasteiger partial charge in [0.25, 0.3) is 5.91 Å². The Morgan fingerprint density at radius 1 is 1.35 bits per heavy atom. The summed E-state index contributed by atoms with van der Waals surface area (Å²) >= 11 is 1.59. The summed E-state index contributed by atoms with van der Waals surface area (Å²) in [6.07, 6.45) is 2.52. The molecule has 2 rings (SSSR count). The normalized spacial score (nSPS) is 9.65. The van der Waals surface area contributed by atoms with Gasteiger partial charge in [-0.25, -0.2) is 4.98 Å². The summed E-state index contributed by atoms with van der Waals surface area (Å²) in [4.78, 5) is 16.1. The van der Waals surface area contributed by atoms with Gasteiger partial charge in [0.1, 0.15) is 0 Å².